The van der Waals surface area contributed by atoms with E-state index in [1.165, 1.54) is 6.33 Å². The molecule has 1 rings (SSSR count). The van der Waals surface area contributed by atoms with Crippen LogP contribution in [0.25, 0.3) is 5.73 Å². The Bertz CT molecular complexity index is 238. The van der Waals surface area contributed by atoms with Crippen molar-refractivity contribution < 1.29 is 53.8 Å². The van der Waals surface area contributed by atoms with Gasteiger partial charge in [0.1, 0.15) is 0 Å². The van der Waals surface area contributed by atoms with Crippen molar-refractivity contribution in [3.63, 3.8) is 0 Å². The van der Waals surface area contributed by atoms with Gasteiger partial charge in [0.2, 0.25) is 0 Å². The zero-order valence-corrected chi connectivity index (χ0v) is 10.7. The smallest absolute Gasteiger partial charge is 0.0660 e. The van der Waals surface area contributed by atoms with E-state index < -0.39 is 5.56 Å². The van der Waals surface area contributed by atoms with E-state index in [0.29, 0.717) is 0 Å². The van der Waals surface area contributed by atoms with E-state index in [1.54, 1.807) is 0 Å². The third kappa shape index (κ3) is 4.31. The Kier molecular flexibility index (Phi) is 8.12. The van der Waals surface area contributed by atoms with Gasteiger partial charge < -0.3 is 26.6 Å². The predicted octanol–water partition coefficient (Wildman–Crippen LogP) is 0.249. The standard InChI is InChI=1S/C4H4N3O.W.Y/c5-3-1-4(8)7-2-6-3;;/h2H,(H3,5,6,7,8);;/q-1;;/p-1. The zero-order chi connectivity index (χ0) is 5.98. The van der Waals surface area contributed by atoms with Crippen molar-refractivity contribution >= 4 is 5.82 Å². The molecule has 0 saturated carbocycles. The summed E-state index contributed by atoms with van der Waals surface area (Å²) in [6, 6.07) is 2.11. The van der Waals surface area contributed by atoms with Gasteiger partial charge in [-0.2, -0.15) is 0 Å². The fourth-order valence-corrected chi connectivity index (χ4v) is 0.331. The van der Waals surface area contributed by atoms with Gasteiger partial charge in [-0.1, -0.05) is 0 Å². The van der Waals surface area contributed by atoms with Gasteiger partial charge in [0, 0.05) is 53.8 Å². The molecule has 1 aromatic heterocycles. The molecule has 6 heteroatoms. The monoisotopic (exact) mass is 382 g/mol. The summed E-state index contributed by atoms with van der Waals surface area (Å²) >= 11 is 0. The largest absolute Gasteiger partial charge is 0.516 e. The Morgan fingerprint density at radius 2 is 2.30 bits per heavy atom. The van der Waals surface area contributed by atoms with E-state index in [1.807, 2.05) is 0 Å². The summed E-state index contributed by atoms with van der Waals surface area (Å²) in [5.41, 5.74) is 6.34. The minimum atomic E-state index is -0.412. The van der Waals surface area contributed by atoms with Gasteiger partial charge in [-0.25, -0.2) is 5.82 Å². The molecule has 0 fully saturated rings. The van der Waals surface area contributed by atoms with Gasteiger partial charge in [0.15, 0.2) is 0 Å². The van der Waals surface area contributed by atoms with E-state index >= 15 is 0 Å². The molecular weight excluding hydrogens is 379 g/mol. The number of rotatable bonds is 0. The first kappa shape index (κ1) is 13.1. The fourth-order valence-electron chi connectivity index (χ4n) is 0.331. The van der Waals surface area contributed by atoms with Crippen LogP contribution in [-0.4, -0.2) is 9.97 Å². The Hall–Kier alpha value is 0.472. The first-order valence-electron chi connectivity index (χ1n) is 1.97. The maximum absolute atomic E-state index is 10.2. The second kappa shape index (κ2) is 6.20. The van der Waals surface area contributed by atoms with Gasteiger partial charge in [0.25, 0.3) is 0 Å². The summed E-state index contributed by atoms with van der Waals surface area (Å²) in [6.07, 6.45) is 1.17. The minimum Gasteiger partial charge on any atom is -0.516 e. The average Bonchev–Trinajstić information content (AvgIpc) is 1.64. The van der Waals surface area contributed by atoms with E-state index in [-0.39, 0.29) is 59.6 Å². The molecule has 0 aliphatic carbocycles. The van der Waals surface area contributed by atoms with Crippen LogP contribution in [0.5, 0.6) is 0 Å². The molecular formula is C4H3N3OWY-2. The van der Waals surface area contributed by atoms with E-state index in [0.717, 1.165) is 0 Å². The minimum absolute atomic E-state index is 0. The van der Waals surface area contributed by atoms with Crippen molar-refractivity contribution in [2.24, 2.45) is 0 Å². The Morgan fingerprint density at radius 3 is 2.60 bits per heavy atom. The van der Waals surface area contributed by atoms with E-state index in [2.05, 4.69) is 16.0 Å². The van der Waals surface area contributed by atoms with Crippen molar-refractivity contribution in [3.8, 4) is 0 Å². The van der Waals surface area contributed by atoms with Crippen LogP contribution in [0.3, 0.4) is 0 Å². The second-order valence-electron chi connectivity index (χ2n) is 1.21. The average molecular weight is 382 g/mol. The van der Waals surface area contributed by atoms with Crippen molar-refractivity contribution in [2.45, 2.75) is 0 Å². The third-order valence-corrected chi connectivity index (χ3v) is 0.621. The van der Waals surface area contributed by atoms with Crippen molar-refractivity contribution in [3.05, 3.63) is 28.5 Å². The number of hydrogen-bond donors (Lipinski definition) is 1. The quantitative estimate of drug-likeness (QED) is 0.654. The summed E-state index contributed by atoms with van der Waals surface area (Å²) in [4.78, 5) is 15.8. The molecule has 2 N–H and O–H groups in total. The first-order chi connectivity index (χ1) is 3.79. The summed E-state index contributed by atoms with van der Waals surface area (Å²) in [7, 11) is 0. The van der Waals surface area contributed by atoms with Crippen LogP contribution in [0, 0.1) is 6.07 Å². The van der Waals surface area contributed by atoms with Gasteiger partial charge in [0.05, 0.1) is 5.56 Å². The first-order valence-corrected chi connectivity index (χ1v) is 1.97. The SMILES string of the molecule is [NH-]c1[c-]c(=O)[nH]cn1.[W].[Y]. The van der Waals surface area contributed by atoms with Crippen LogP contribution in [0.4, 0.5) is 5.82 Å². The molecule has 1 aromatic rings. The number of aromatic amines is 1. The molecule has 0 unspecified atom stereocenters. The van der Waals surface area contributed by atoms with Crippen LogP contribution in [0.1, 0.15) is 0 Å². The van der Waals surface area contributed by atoms with E-state index in [9.17, 15) is 4.79 Å². The molecule has 0 atom stereocenters. The molecule has 0 amide bonds. The molecule has 0 aliphatic heterocycles. The van der Waals surface area contributed by atoms with Gasteiger partial charge in [-0.3, -0.25) is 0 Å². The zero-order valence-electron chi connectivity index (χ0n) is 4.92. The van der Waals surface area contributed by atoms with Crippen LogP contribution in [0.15, 0.2) is 11.1 Å². The van der Waals surface area contributed by atoms with Crippen LogP contribution < -0.4 is 5.56 Å². The van der Waals surface area contributed by atoms with Gasteiger partial charge in [-0.15, -0.1) is 0 Å². The number of nitrogens with one attached hydrogen (secondary N) is 2. The Balaban J connectivity index is 0. The maximum Gasteiger partial charge on any atom is 0.0660 e. The maximum atomic E-state index is 10.2. The normalized spacial score (nSPS) is 7.20. The van der Waals surface area contributed by atoms with Crippen molar-refractivity contribution in [1.82, 2.24) is 9.97 Å². The number of H-pyrrole nitrogens is 1. The fraction of sp³-hybridized carbons (Fsp3) is 0. The van der Waals surface area contributed by atoms with Crippen molar-refractivity contribution in [1.29, 1.82) is 0 Å². The van der Waals surface area contributed by atoms with Crippen LogP contribution in [-0.2, 0) is 53.8 Å². The Morgan fingerprint density at radius 1 is 1.70 bits per heavy atom. The number of nitrogens with zero attached hydrogens (tertiary/aromatic N) is 1. The summed E-state index contributed by atoms with van der Waals surface area (Å²) < 4.78 is 0. The molecule has 0 bridgehead atoms. The summed E-state index contributed by atoms with van der Waals surface area (Å²) in [5, 5.41) is 0. The molecule has 10 heavy (non-hydrogen) atoms. The van der Waals surface area contributed by atoms with Gasteiger partial charge >= 0.3 is 0 Å². The predicted molar refractivity (Wildman–Crippen MR) is 27.7 cm³/mol. The van der Waals surface area contributed by atoms with Crippen LogP contribution in [0.2, 0.25) is 0 Å². The molecule has 0 spiro atoms. The molecule has 51 valence electrons. The molecule has 0 saturated heterocycles. The van der Waals surface area contributed by atoms with Gasteiger partial charge in [-0.05, 0) is 6.33 Å². The molecule has 1 radical (unpaired) electrons. The number of hydrogen-bond acceptors (Lipinski definition) is 2. The summed E-state index contributed by atoms with van der Waals surface area (Å²) in [6.45, 7) is 0. The topological polar surface area (TPSA) is 69.6 Å². The third-order valence-electron chi connectivity index (χ3n) is 0.621. The van der Waals surface area contributed by atoms with Crippen molar-refractivity contribution in [2.75, 3.05) is 0 Å². The van der Waals surface area contributed by atoms with Crippen LogP contribution >= 0.6 is 0 Å². The molecule has 0 aliphatic rings. The molecule has 4 nitrogen and oxygen atoms in total. The second-order valence-corrected chi connectivity index (χ2v) is 1.21. The Labute approximate surface area is 97.1 Å². The summed E-state index contributed by atoms with van der Waals surface area (Å²) in [5.74, 6) is -0.131. The molecule has 0 aromatic carbocycles. The molecule has 1 heterocycles. The number of aromatic nitrogens is 2. The van der Waals surface area contributed by atoms with E-state index in [4.69, 9.17) is 5.73 Å².